The van der Waals surface area contributed by atoms with E-state index < -0.39 is 5.60 Å². The van der Waals surface area contributed by atoms with Gasteiger partial charge in [-0.3, -0.25) is 9.69 Å². The van der Waals surface area contributed by atoms with Crippen LogP contribution in [0.25, 0.3) is 0 Å². The number of carbonyl (C=O) groups excluding carboxylic acids is 1. The lowest BCUT2D eigenvalue weighted by Crippen LogP contribution is -2.51. The van der Waals surface area contributed by atoms with E-state index in [0.717, 1.165) is 55.8 Å². The quantitative estimate of drug-likeness (QED) is 0.707. The van der Waals surface area contributed by atoms with Gasteiger partial charge in [-0.1, -0.05) is 49.2 Å². The van der Waals surface area contributed by atoms with Crippen molar-refractivity contribution in [3.63, 3.8) is 0 Å². The van der Waals surface area contributed by atoms with Gasteiger partial charge >= 0.3 is 0 Å². The standard InChI is InChI=1S/C27H32N2O4/c1-17(18-11-12-23-24(13-18)33-16-32-23)29-14-21-22(15-29)25(21)28-26(30)27(31,20-9-5-6-10-20)19-7-3-2-4-8-19/h2-4,7-8,11-13,17,20-22,25,31H,5-6,9-10,14-16H2,1H3,(H,28,30)/t17?,21-,22?,25+,27?/m1/s1. The first-order chi connectivity index (χ1) is 16.1. The van der Waals surface area contributed by atoms with Crippen LogP contribution in [0.2, 0.25) is 0 Å². The summed E-state index contributed by atoms with van der Waals surface area (Å²) in [5, 5.41) is 15.0. The molecule has 6 rings (SSSR count). The lowest BCUT2D eigenvalue weighted by molar-refractivity contribution is -0.147. The van der Waals surface area contributed by atoms with Crippen LogP contribution in [0, 0.1) is 17.8 Å². The summed E-state index contributed by atoms with van der Waals surface area (Å²) in [6, 6.07) is 16.1. The Morgan fingerprint density at radius 3 is 2.48 bits per heavy atom. The zero-order valence-corrected chi connectivity index (χ0v) is 19.1. The highest BCUT2D eigenvalue weighted by Crippen LogP contribution is 2.49. The van der Waals surface area contributed by atoms with Gasteiger partial charge in [0.15, 0.2) is 17.1 Å². The number of carbonyl (C=O) groups is 1. The van der Waals surface area contributed by atoms with Gasteiger partial charge in [0.2, 0.25) is 6.79 Å². The van der Waals surface area contributed by atoms with Gasteiger partial charge in [0.05, 0.1) is 0 Å². The minimum absolute atomic E-state index is 0.0129. The lowest BCUT2D eigenvalue weighted by Gasteiger charge is -2.34. The van der Waals surface area contributed by atoms with Gasteiger partial charge < -0.3 is 19.9 Å². The number of nitrogens with one attached hydrogen (secondary N) is 1. The molecule has 0 bridgehead atoms. The summed E-state index contributed by atoms with van der Waals surface area (Å²) in [6.45, 7) is 4.43. The minimum atomic E-state index is -1.44. The van der Waals surface area contributed by atoms with Crippen LogP contribution in [-0.2, 0) is 10.4 Å². The number of hydrogen-bond acceptors (Lipinski definition) is 5. The molecule has 33 heavy (non-hydrogen) atoms. The summed E-state index contributed by atoms with van der Waals surface area (Å²) in [7, 11) is 0. The Balaban J connectivity index is 1.11. The number of piperidine rings is 1. The van der Waals surface area contributed by atoms with Gasteiger partial charge in [-0.25, -0.2) is 0 Å². The number of ether oxygens (including phenoxy) is 2. The Hall–Kier alpha value is -2.57. The molecule has 0 spiro atoms. The first kappa shape index (κ1) is 21.0. The van der Waals surface area contributed by atoms with Crippen LogP contribution in [0.4, 0.5) is 0 Å². The molecule has 5 atom stereocenters. The SMILES string of the molecule is CC(c1ccc2c(c1)OCO2)N1CC2[C@@H](C1)[C@@H]2NC(=O)C(O)(c1ccccc1)C1CCCC1. The van der Waals surface area contributed by atoms with Gasteiger partial charge in [-0.2, -0.15) is 0 Å². The maximum absolute atomic E-state index is 13.5. The Morgan fingerprint density at radius 2 is 1.76 bits per heavy atom. The summed E-state index contributed by atoms with van der Waals surface area (Å²) in [5.74, 6) is 2.31. The first-order valence-electron chi connectivity index (χ1n) is 12.3. The topological polar surface area (TPSA) is 71.0 Å². The van der Waals surface area contributed by atoms with Crippen LogP contribution in [0.5, 0.6) is 11.5 Å². The highest BCUT2D eigenvalue weighted by molar-refractivity contribution is 5.87. The summed E-state index contributed by atoms with van der Waals surface area (Å²) < 4.78 is 11.0. The van der Waals surface area contributed by atoms with Crippen molar-refractivity contribution in [1.29, 1.82) is 0 Å². The molecule has 2 aromatic rings. The van der Waals surface area contributed by atoms with Crippen molar-refractivity contribution in [1.82, 2.24) is 10.2 Å². The lowest BCUT2D eigenvalue weighted by atomic mass is 9.79. The van der Waals surface area contributed by atoms with E-state index in [1.165, 1.54) is 5.56 Å². The number of fused-ring (bicyclic) bond motifs is 2. The molecule has 2 N–H and O–H groups in total. The number of likely N-dealkylation sites (tertiary alicyclic amines) is 1. The fraction of sp³-hybridized carbons (Fsp3) is 0.519. The van der Waals surface area contributed by atoms with Crippen molar-refractivity contribution in [3.8, 4) is 11.5 Å². The molecule has 1 saturated heterocycles. The van der Waals surface area contributed by atoms with Crippen molar-refractivity contribution in [2.75, 3.05) is 19.9 Å². The molecule has 6 heteroatoms. The van der Waals surface area contributed by atoms with E-state index in [1.807, 2.05) is 36.4 Å². The van der Waals surface area contributed by atoms with E-state index in [2.05, 4.69) is 29.3 Å². The summed E-state index contributed by atoms with van der Waals surface area (Å²) in [5.41, 5.74) is 0.507. The van der Waals surface area contributed by atoms with Gasteiger partial charge in [-0.15, -0.1) is 0 Å². The average Bonchev–Trinajstić information content (AvgIpc) is 3.40. The molecular weight excluding hydrogens is 416 g/mol. The molecule has 2 aliphatic heterocycles. The smallest absolute Gasteiger partial charge is 0.257 e. The number of aliphatic hydroxyl groups is 1. The molecule has 2 heterocycles. The van der Waals surface area contributed by atoms with Crippen LogP contribution in [0.3, 0.4) is 0 Å². The van der Waals surface area contributed by atoms with Crippen molar-refractivity contribution in [2.24, 2.45) is 17.8 Å². The van der Waals surface area contributed by atoms with Crippen molar-refractivity contribution < 1.29 is 19.4 Å². The second-order valence-electron chi connectivity index (χ2n) is 10.2. The maximum atomic E-state index is 13.5. The molecule has 2 aliphatic carbocycles. The summed E-state index contributed by atoms with van der Waals surface area (Å²) in [6.07, 6.45) is 3.96. The van der Waals surface area contributed by atoms with E-state index in [-0.39, 0.29) is 23.9 Å². The monoisotopic (exact) mass is 448 g/mol. The van der Waals surface area contributed by atoms with E-state index >= 15 is 0 Å². The molecule has 6 nitrogen and oxygen atoms in total. The zero-order valence-electron chi connectivity index (χ0n) is 19.1. The van der Waals surface area contributed by atoms with Crippen molar-refractivity contribution >= 4 is 5.91 Å². The molecule has 2 saturated carbocycles. The third-order valence-electron chi connectivity index (χ3n) is 8.45. The highest BCUT2D eigenvalue weighted by Gasteiger charge is 2.59. The second-order valence-corrected chi connectivity index (χ2v) is 10.2. The van der Waals surface area contributed by atoms with Crippen molar-refractivity contribution in [3.05, 3.63) is 59.7 Å². The van der Waals surface area contributed by atoms with Gasteiger partial charge in [-0.05, 0) is 54.9 Å². The van der Waals surface area contributed by atoms with Gasteiger partial charge in [0.25, 0.3) is 5.91 Å². The highest BCUT2D eigenvalue weighted by atomic mass is 16.7. The Bertz CT molecular complexity index is 1030. The second kappa shape index (κ2) is 8.03. The molecule has 0 radical (unpaired) electrons. The first-order valence-corrected chi connectivity index (χ1v) is 12.3. The third kappa shape index (κ3) is 3.51. The number of amides is 1. The molecule has 2 aromatic carbocycles. The van der Waals surface area contributed by atoms with E-state index in [4.69, 9.17) is 9.47 Å². The van der Waals surface area contributed by atoms with Crippen LogP contribution < -0.4 is 14.8 Å². The van der Waals surface area contributed by atoms with Gasteiger partial charge in [0.1, 0.15) is 0 Å². The Kier molecular flexibility index (Phi) is 5.11. The molecule has 0 aromatic heterocycles. The van der Waals surface area contributed by atoms with Crippen LogP contribution in [0.1, 0.15) is 49.8 Å². The molecule has 3 unspecified atom stereocenters. The predicted molar refractivity (Wildman–Crippen MR) is 124 cm³/mol. The molecule has 1 amide bonds. The van der Waals surface area contributed by atoms with E-state index in [0.29, 0.717) is 18.6 Å². The van der Waals surface area contributed by atoms with Gasteiger partial charge in [0, 0.05) is 31.1 Å². The molecule has 174 valence electrons. The fourth-order valence-corrected chi connectivity index (χ4v) is 6.32. The Morgan fingerprint density at radius 1 is 1.06 bits per heavy atom. The molecular formula is C27H32N2O4. The van der Waals surface area contributed by atoms with Crippen LogP contribution in [0.15, 0.2) is 48.5 Å². The van der Waals surface area contributed by atoms with E-state index in [1.54, 1.807) is 0 Å². The summed E-state index contributed by atoms with van der Waals surface area (Å²) >= 11 is 0. The largest absolute Gasteiger partial charge is 0.454 e. The fourth-order valence-electron chi connectivity index (χ4n) is 6.32. The van der Waals surface area contributed by atoms with Crippen molar-refractivity contribution in [2.45, 2.75) is 50.3 Å². The summed E-state index contributed by atoms with van der Waals surface area (Å²) in [4.78, 5) is 16.0. The molecule has 4 aliphatic rings. The van der Waals surface area contributed by atoms with Crippen LogP contribution in [-0.4, -0.2) is 41.8 Å². The third-order valence-corrected chi connectivity index (χ3v) is 8.45. The predicted octanol–water partition coefficient (Wildman–Crippen LogP) is 3.60. The number of hydrogen-bond donors (Lipinski definition) is 2. The maximum Gasteiger partial charge on any atom is 0.257 e. The average molecular weight is 449 g/mol. The molecule has 3 fully saturated rings. The Labute approximate surface area is 194 Å². The normalized spacial score (nSPS) is 28.8. The van der Waals surface area contributed by atoms with Crippen LogP contribution >= 0.6 is 0 Å². The zero-order chi connectivity index (χ0) is 22.6. The number of rotatable bonds is 6. The number of nitrogens with zero attached hydrogens (tertiary/aromatic N) is 1. The van der Waals surface area contributed by atoms with E-state index in [9.17, 15) is 9.90 Å². The number of benzene rings is 2. The minimum Gasteiger partial charge on any atom is -0.454 e.